The third-order valence-electron chi connectivity index (χ3n) is 3.81. The standard InChI is InChI=1S/C18H24N2O3S/c1-5-14(13-9-7-8-10-15(13)21)20-17(22)16-11(3)19-18(24-16)12(4)23-6-2/h7-10,12,14,21H,5-6H2,1-4H3,(H,20,22)/t12-,14-/m1/s1. The Morgan fingerprint density at radius 1 is 1.38 bits per heavy atom. The largest absolute Gasteiger partial charge is 0.508 e. The number of ether oxygens (including phenoxy) is 1. The predicted octanol–water partition coefficient (Wildman–Crippen LogP) is 4.14. The molecule has 0 aliphatic heterocycles. The van der Waals surface area contributed by atoms with Gasteiger partial charge in [0, 0.05) is 12.2 Å². The molecule has 24 heavy (non-hydrogen) atoms. The van der Waals surface area contributed by atoms with Gasteiger partial charge in [0.15, 0.2) is 0 Å². The molecule has 1 heterocycles. The van der Waals surface area contributed by atoms with Crippen LogP contribution in [-0.2, 0) is 4.74 Å². The van der Waals surface area contributed by atoms with E-state index in [0.717, 1.165) is 10.6 Å². The fourth-order valence-corrected chi connectivity index (χ4v) is 3.50. The number of rotatable bonds is 7. The first-order valence-corrected chi connectivity index (χ1v) is 8.97. The molecule has 0 fully saturated rings. The van der Waals surface area contributed by atoms with E-state index in [1.165, 1.54) is 11.3 Å². The quantitative estimate of drug-likeness (QED) is 0.789. The first-order chi connectivity index (χ1) is 11.5. The van der Waals surface area contributed by atoms with Crippen LogP contribution in [0.25, 0.3) is 0 Å². The second-order valence-corrected chi connectivity index (χ2v) is 6.59. The van der Waals surface area contributed by atoms with Crippen molar-refractivity contribution >= 4 is 17.2 Å². The molecular weight excluding hydrogens is 324 g/mol. The molecular formula is C18H24N2O3S. The monoisotopic (exact) mass is 348 g/mol. The number of benzene rings is 1. The fourth-order valence-electron chi connectivity index (χ4n) is 2.53. The molecule has 1 aromatic heterocycles. The zero-order valence-electron chi connectivity index (χ0n) is 14.5. The number of para-hydroxylation sites is 1. The lowest BCUT2D eigenvalue weighted by Crippen LogP contribution is -2.28. The van der Waals surface area contributed by atoms with Gasteiger partial charge in [-0.2, -0.15) is 0 Å². The van der Waals surface area contributed by atoms with Crippen molar-refractivity contribution in [1.29, 1.82) is 0 Å². The lowest BCUT2D eigenvalue weighted by molar-refractivity contribution is 0.0761. The first-order valence-electron chi connectivity index (χ1n) is 8.15. The Balaban J connectivity index is 2.18. The first kappa shape index (κ1) is 18.4. The van der Waals surface area contributed by atoms with Crippen LogP contribution in [0.4, 0.5) is 0 Å². The van der Waals surface area contributed by atoms with Crippen molar-refractivity contribution < 1.29 is 14.6 Å². The van der Waals surface area contributed by atoms with Crippen LogP contribution in [0, 0.1) is 6.92 Å². The lowest BCUT2D eigenvalue weighted by atomic mass is 10.0. The molecule has 2 rings (SSSR count). The van der Waals surface area contributed by atoms with Crippen molar-refractivity contribution in [3.63, 3.8) is 0 Å². The third-order valence-corrected chi connectivity index (χ3v) is 5.13. The Morgan fingerprint density at radius 2 is 2.08 bits per heavy atom. The summed E-state index contributed by atoms with van der Waals surface area (Å²) < 4.78 is 5.55. The number of aryl methyl sites for hydroxylation is 1. The van der Waals surface area contributed by atoms with Crippen molar-refractivity contribution in [2.75, 3.05) is 6.61 Å². The molecule has 6 heteroatoms. The van der Waals surface area contributed by atoms with Crippen molar-refractivity contribution in [3.05, 3.63) is 45.4 Å². The van der Waals surface area contributed by atoms with Crippen molar-refractivity contribution in [1.82, 2.24) is 10.3 Å². The number of phenols is 1. The van der Waals surface area contributed by atoms with Crippen LogP contribution in [0.3, 0.4) is 0 Å². The molecule has 1 aromatic carbocycles. The van der Waals surface area contributed by atoms with E-state index in [1.807, 2.05) is 39.8 Å². The zero-order chi connectivity index (χ0) is 17.7. The van der Waals surface area contributed by atoms with Gasteiger partial charge in [0.2, 0.25) is 0 Å². The number of hydrogen-bond acceptors (Lipinski definition) is 5. The predicted molar refractivity (Wildman–Crippen MR) is 95.5 cm³/mol. The molecule has 130 valence electrons. The SMILES string of the molecule is CCO[C@H](C)c1nc(C)c(C(=O)N[C@H](CC)c2ccccc2O)s1. The van der Waals surface area contributed by atoms with E-state index in [1.54, 1.807) is 12.1 Å². The molecule has 0 saturated heterocycles. The third kappa shape index (κ3) is 4.13. The number of amides is 1. The fraction of sp³-hybridized carbons (Fsp3) is 0.444. The van der Waals surface area contributed by atoms with Crippen LogP contribution in [0.2, 0.25) is 0 Å². The van der Waals surface area contributed by atoms with Gasteiger partial charge in [0.1, 0.15) is 21.7 Å². The topological polar surface area (TPSA) is 71.5 Å². The minimum Gasteiger partial charge on any atom is -0.508 e. The van der Waals surface area contributed by atoms with Crippen LogP contribution in [0.15, 0.2) is 24.3 Å². The number of carbonyl (C=O) groups excluding carboxylic acids is 1. The molecule has 2 atom stereocenters. The number of thiazole rings is 1. The Labute approximate surface area is 146 Å². The summed E-state index contributed by atoms with van der Waals surface area (Å²) in [5.74, 6) is 0.0198. The van der Waals surface area contributed by atoms with Gasteiger partial charge in [-0.05, 0) is 33.3 Å². The second-order valence-electron chi connectivity index (χ2n) is 5.56. The second kappa shape index (κ2) is 8.26. The zero-order valence-corrected chi connectivity index (χ0v) is 15.3. The minimum absolute atomic E-state index is 0.125. The van der Waals surface area contributed by atoms with E-state index in [-0.39, 0.29) is 23.8 Å². The normalized spacial score (nSPS) is 13.5. The summed E-state index contributed by atoms with van der Waals surface area (Å²) in [5, 5.41) is 13.8. The van der Waals surface area contributed by atoms with Gasteiger partial charge in [-0.1, -0.05) is 25.1 Å². The Bertz CT molecular complexity index is 699. The summed E-state index contributed by atoms with van der Waals surface area (Å²) in [6.45, 7) is 8.27. The van der Waals surface area contributed by atoms with Crippen LogP contribution in [0.1, 0.15) is 65.3 Å². The van der Waals surface area contributed by atoms with Gasteiger partial charge in [-0.15, -0.1) is 11.3 Å². The molecule has 0 aliphatic rings. The van der Waals surface area contributed by atoms with Gasteiger partial charge in [-0.3, -0.25) is 4.79 Å². The van der Waals surface area contributed by atoms with E-state index in [9.17, 15) is 9.90 Å². The van der Waals surface area contributed by atoms with Crippen LogP contribution in [0.5, 0.6) is 5.75 Å². The highest BCUT2D eigenvalue weighted by Crippen LogP contribution is 2.29. The highest BCUT2D eigenvalue weighted by Gasteiger charge is 2.22. The van der Waals surface area contributed by atoms with Crippen molar-refractivity contribution in [2.24, 2.45) is 0 Å². The average Bonchev–Trinajstić information content (AvgIpc) is 2.95. The van der Waals surface area contributed by atoms with E-state index in [4.69, 9.17) is 4.74 Å². The number of aromatic nitrogens is 1. The van der Waals surface area contributed by atoms with Crippen LogP contribution >= 0.6 is 11.3 Å². The molecule has 2 N–H and O–H groups in total. The summed E-state index contributed by atoms with van der Waals surface area (Å²) in [5.41, 5.74) is 1.42. The van der Waals surface area contributed by atoms with Gasteiger partial charge in [0.25, 0.3) is 5.91 Å². The number of hydrogen-bond donors (Lipinski definition) is 2. The summed E-state index contributed by atoms with van der Waals surface area (Å²) in [6.07, 6.45) is 0.559. The van der Waals surface area contributed by atoms with E-state index in [0.29, 0.717) is 23.6 Å². The number of carbonyl (C=O) groups is 1. The molecule has 0 bridgehead atoms. The molecule has 5 nitrogen and oxygen atoms in total. The van der Waals surface area contributed by atoms with Crippen molar-refractivity contribution in [2.45, 2.75) is 46.3 Å². The molecule has 0 saturated carbocycles. The maximum absolute atomic E-state index is 12.7. The van der Waals surface area contributed by atoms with Gasteiger partial charge >= 0.3 is 0 Å². The molecule has 0 unspecified atom stereocenters. The average molecular weight is 348 g/mol. The lowest BCUT2D eigenvalue weighted by Gasteiger charge is -2.18. The number of nitrogens with one attached hydrogen (secondary N) is 1. The molecule has 0 radical (unpaired) electrons. The van der Waals surface area contributed by atoms with E-state index < -0.39 is 0 Å². The number of aromatic hydroxyl groups is 1. The summed E-state index contributed by atoms with van der Waals surface area (Å²) >= 11 is 1.36. The van der Waals surface area contributed by atoms with Crippen LogP contribution in [-0.4, -0.2) is 22.6 Å². The smallest absolute Gasteiger partial charge is 0.263 e. The summed E-state index contributed by atoms with van der Waals surface area (Å²) in [7, 11) is 0. The number of phenolic OH excluding ortho intramolecular Hbond substituents is 1. The molecule has 0 aliphatic carbocycles. The summed E-state index contributed by atoms with van der Waals surface area (Å²) in [6, 6.07) is 6.83. The molecule has 2 aromatic rings. The molecule has 0 spiro atoms. The maximum Gasteiger partial charge on any atom is 0.263 e. The number of nitrogens with zero attached hydrogens (tertiary/aromatic N) is 1. The Kier molecular flexibility index (Phi) is 6.34. The van der Waals surface area contributed by atoms with Crippen LogP contribution < -0.4 is 5.32 Å². The van der Waals surface area contributed by atoms with Gasteiger partial charge < -0.3 is 15.2 Å². The summed E-state index contributed by atoms with van der Waals surface area (Å²) in [4.78, 5) is 17.7. The maximum atomic E-state index is 12.7. The Hall–Kier alpha value is -1.92. The van der Waals surface area contributed by atoms with E-state index in [2.05, 4.69) is 10.3 Å². The van der Waals surface area contributed by atoms with E-state index >= 15 is 0 Å². The van der Waals surface area contributed by atoms with Gasteiger partial charge in [0.05, 0.1) is 11.7 Å². The van der Waals surface area contributed by atoms with Crippen molar-refractivity contribution in [3.8, 4) is 5.75 Å². The van der Waals surface area contributed by atoms with Gasteiger partial charge in [-0.25, -0.2) is 4.98 Å². The minimum atomic E-state index is -0.243. The molecule has 1 amide bonds. The highest BCUT2D eigenvalue weighted by atomic mass is 32.1. The Morgan fingerprint density at radius 3 is 2.71 bits per heavy atom. The highest BCUT2D eigenvalue weighted by molar-refractivity contribution is 7.13.